The molecule has 1 aromatic carbocycles. The average molecular weight is 275 g/mol. The van der Waals surface area contributed by atoms with E-state index in [1.54, 1.807) is 0 Å². The van der Waals surface area contributed by atoms with Gasteiger partial charge in [-0.2, -0.15) is 0 Å². The number of aliphatic hydroxyl groups is 1. The zero-order chi connectivity index (χ0) is 14.4. The van der Waals surface area contributed by atoms with Crippen molar-refractivity contribution in [2.24, 2.45) is 5.92 Å². The van der Waals surface area contributed by atoms with Crippen LogP contribution in [0, 0.1) is 5.92 Å². The molecule has 0 bridgehead atoms. The first-order valence-corrected chi connectivity index (χ1v) is 7.60. The highest BCUT2D eigenvalue weighted by Crippen LogP contribution is 2.26. The number of hydrogen-bond donors (Lipinski definition) is 2. The number of benzene rings is 1. The van der Waals surface area contributed by atoms with Crippen LogP contribution in [0.2, 0.25) is 0 Å². The molecule has 0 aliphatic heterocycles. The fourth-order valence-corrected chi connectivity index (χ4v) is 2.66. The van der Waals surface area contributed by atoms with Crippen molar-refractivity contribution >= 4 is 11.0 Å². The van der Waals surface area contributed by atoms with E-state index < -0.39 is 0 Å². The van der Waals surface area contributed by atoms with E-state index in [2.05, 4.69) is 31.3 Å². The Bertz CT molecular complexity index is 533. The molecule has 2 N–H and O–H groups in total. The number of hydrogen-bond acceptors (Lipinski definition) is 3. The van der Waals surface area contributed by atoms with Crippen molar-refractivity contribution in [2.45, 2.75) is 39.7 Å². The SMILES string of the molecule is CCc1oc2ccccc2c1CNCC(CC)CCO. The number of fused-ring (bicyclic) bond motifs is 1. The summed E-state index contributed by atoms with van der Waals surface area (Å²) in [6, 6.07) is 8.22. The van der Waals surface area contributed by atoms with Crippen molar-refractivity contribution in [3.8, 4) is 0 Å². The Morgan fingerprint density at radius 3 is 2.75 bits per heavy atom. The van der Waals surface area contributed by atoms with E-state index >= 15 is 0 Å². The predicted octanol–water partition coefficient (Wildman–Crippen LogP) is 3.49. The molecule has 0 aliphatic carbocycles. The number of rotatable bonds is 8. The second-order valence-corrected chi connectivity index (χ2v) is 5.27. The Balaban J connectivity index is 2.05. The molecule has 0 amide bonds. The maximum Gasteiger partial charge on any atom is 0.134 e. The first-order valence-electron chi connectivity index (χ1n) is 7.60. The van der Waals surface area contributed by atoms with Gasteiger partial charge in [0.1, 0.15) is 11.3 Å². The van der Waals surface area contributed by atoms with Crippen LogP contribution in [0.15, 0.2) is 28.7 Å². The number of aryl methyl sites for hydroxylation is 1. The van der Waals surface area contributed by atoms with Crippen LogP contribution < -0.4 is 5.32 Å². The molecule has 0 spiro atoms. The van der Waals surface area contributed by atoms with Crippen LogP contribution in [0.5, 0.6) is 0 Å². The number of furan rings is 1. The largest absolute Gasteiger partial charge is 0.461 e. The highest BCUT2D eigenvalue weighted by Gasteiger charge is 2.12. The monoisotopic (exact) mass is 275 g/mol. The Labute approximate surface area is 121 Å². The molecule has 1 atom stereocenters. The van der Waals surface area contributed by atoms with E-state index in [1.807, 2.05) is 12.1 Å². The minimum absolute atomic E-state index is 0.273. The maximum absolute atomic E-state index is 9.03. The minimum atomic E-state index is 0.273. The van der Waals surface area contributed by atoms with Gasteiger partial charge < -0.3 is 14.8 Å². The van der Waals surface area contributed by atoms with Crippen LogP contribution in [0.25, 0.3) is 11.0 Å². The minimum Gasteiger partial charge on any atom is -0.461 e. The van der Waals surface area contributed by atoms with Gasteiger partial charge in [-0.1, -0.05) is 38.5 Å². The third-order valence-corrected chi connectivity index (χ3v) is 3.95. The topological polar surface area (TPSA) is 45.4 Å². The Hall–Kier alpha value is -1.32. The average Bonchev–Trinajstić information content (AvgIpc) is 2.84. The van der Waals surface area contributed by atoms with E-state index in [9.17, 15) is 0 Å². The highest BCUT2D eigenvalue weighted by molar-refractivity contribution is 5.82. The Morgan fingerprint density at radius 1 is 1.25 bits per heavy atom. The van der Waals surface area contributed by atoms with Crippen LogP contribution in [-0.4, -0.2) is 18.3 Å². The molecule has 1 unspecified atom stereocenters. The van der Waals surface area contributed by atoms with Gasteiger partial charge in [0.25, 0.3) is 0 Å². The molecule has 0 saturated carbocycles. The van der Waals surface area contributed by atoms with Gasteiger partial charge in [0, 0.05) is 30.5 Å². The van der Waals surface area contributed by atoms with E-state index in [0.717, 1.165) is 43.7 Å². The lowest BCUT2D eigenvalue weighted by atomic mass is 10.0. The van der Waals surface area contributed by atoms with Crippen molar-refractivity contribution in [1.29, 1.82) is 0 Å². The fraction of sp³-hybridized carbons (Fsp3) is 0.529. The van der Waals surface area contributed by atoms with Gasteiger partial charge in [0.05, 0.1) is 0 Å². The van der Waals surface area contributed by atoms with Crippen LogP contribution in [-0.2, 0) is 13.0 Å². The highest BCUT2D eigenvalue weighted by atomic mass is 16.3. The molecule has 3 heteroatoms. The summed E-state index contributed by atoms with van der Waals surface area (Å²) in [5, 5.41) is 13.8. The first-order chi connectivity index (χ1) is 9.80. The van der Waals surface area contributed by atoms with Crippen LogP contribution in [0.4, 0.5) is 0 Å². The summed E-state index contributed by atoms with van der Waals surface area (Å²) in [6.07, 6.45) is 2.89. The van der Waals surface area contributed by atoms with Crippen molar-refractivity contribution in [3.05, 3.63) is 35.6 Å². The first kappa shape index (κ1) is 15.1. The normalized spacial score (nSPS) is 12.9. The molecule has 0 fully saturated rings. The van der Waals surface area contributed by atoms with Crippen LogP contribution >= 0.6 is 0 Å². The molecule has 20 heavy (non-hydrogen) atoms. The molecule has 2 aromatic rings. The lowest BCUT2D eigenvalue weighted by Gasteiger charge is -2.14. The van der Waals surface area contributed by atoms with Crippen LogP contribution in [0.1, 0.15) is 38.0 Å². The molecule has 110 valence electrons. The summed E-state index contributed by atoms with van der Waals surface area (Å²) in [5.41, 5.74) is 2.26. The maximum atomic E-state index is 9.03. The molecule has 0 radical (unpaired) electrons. The van der Waals surface area contributed by atoms with Crippen molar-refractivity contribution in [1.82, 2.24) is 5.32 Å². The van der Waals surface area contributed by atoms with Gasteiger partial charge in [-0.3, -0.25) is 0 Å². The van der Waals surface area contributed by atoms with E-state index in [4.69, 9.17) is 9.52 Å². The van der Waals surface area contributed by atoms with Crippen molar-refractivity contribution in [3.63, 3.8) is 0 Å². The molecular weight excluding hydrogens is 250 g/mol. The Morgan fingerprint density at radius 2 is 2.05 bits per heavy atom. The van der Waals surface area contributed by atoms with Gasteiger partial charge in [-0.05, 0) is 24.9 Å². The van der Waals surface area contributed by atoms with Gasteiger partial charge in [0.15, 0.2) is 0 Å². The predicted molar refractivity (Wildman–Crippen MR) is 82.8 cm³/mol. The third-order valence-electron chi connectivity index (χ3n) is 3.95. The van der Waals surface area contributed by atoms with Gasteiger partial charge in [0.2, 0.25) is 0 Å². The lowest BCUT2D eigenvalue weighted by Crippen LogP contribution is -2.23. The number of para-hydroxylation sites is 1. The van der Waals surface area contributed by atoms with Gasteiger partial charge in [-0.15, -0.1) is 0 Å². The molecule has 2 rings (SSSR count). The summed E-state index contributed by atoms with van der Waals surface area (Å²) in [6.45, 7) is 6.35. The zero-order valence-electron chi connectivity index (χ0n) is 12.5. The lowest BCUT2D eigenvalue weighted by molar-refractivity contribution is 0.251. The third kappa shape index (κ3) is 3.41. The van der Waals surface area contributed by atoms with Crippen molar-refractivity contribution in [2.75, 3.05) is 13.2 Å². The smallest absolute Gasteiger partial charge is 0.134 e. The molecular formula is C17H25NO2. The van der Waals surface area contributed by atoms with Gasteiger partial charge in [-0.25, -0.2) is 0 Å². The molecule has 1 aromatic heterocycles. The van der Waals surface area contributed by atoms with E-state index in [1.165, 1.54) is 10.9 Å². The van der Waals surface area contributed by atoms with E-state index in [-0.39, 0.29) is 6.61 Å². The summed E-state index contributed by atoms with van der Waals surface area (Å²) >= 11 is 0. The quantitative estimate of drug-likeness (QED) is 0.775. The number of aliphatic hydroxyl groups excluding tert-OH is 1. The molecule has 0 saturated heterocycles. The molecule has 0 aliphatic rings. The Kier molecular flexibility index (Phi) is 5.62. The zero-order valence-corrected chi connectivity index (χ0v) is 12.5. The number of nitrogens with one attached hydrogen (secondary N) is 1. The summed E-state index contributed by atoms with van der Waals surface area (Å²) in [7, 11) is 0. The molecule has 3 nitrogen and oxygen atoms in total. The standard InChI is InChI=1S/C17H25NO2/c1-3-13(9-10-19)11-18-12-15-14-7-5-6-8-17(14)20-16(15)4-2/h5-8,13,18-19H,3-4,9-12H2,1-2H3. The summed E-state index contributed by atoms with van der Waals surface area (Å²) in [5.74, 6) is 1.62. The second-order valence-electron chi connectivity index (χ2n) is 5.27. The molecule has 1 heterocycles. The fourth-order valence-electron chi connectivity index (χ4n) is 2.66. The summed E-state index contributed by atoms with van der Waals surface area (Å²) in [4.78, 5) is 0. The van der Waals surface area contributed by atoms with Crippen molar-refractivity contribution < 1.29 is 9.52 Å². The van der Waals surface area contributed by atoms with Gasteiger partial charge >= 0.3 is 0 Å². The van der Waals surface area contributed by atoms with E-state index in [0.29, 0.717) is 5.92 Å². The summed E-state index contributed by atoms with van der Waals surface area (Å²) < 4.78 is 5.90. The second kappa shape index (κ2) is 7.46. The van der Waals surface area contributed by atoms with Crippen LogP contribution in [0.3, 0.4) is 0 Å².